The maximum Gasteiger partial charge on any atom is 0.406 e. The summed E-state index contributed by atoms with van der Waals surface area (Å²) in [5, 5.41) is 0. The van der Waals surface area contributed by atoms with Gasteiger partial charge in [-0.2, -0.15) is 13.2 Å². The van der Waals surface area contributed by atoms with Gasteiger partial charge in [-0.1, -0.05) is 30.3 Å². The fourth-order valence-corrected chi connectivity index (χ4v) is 1.62. The molecule has 2 N–H and O–H groups in total. The van der Waals surface area contributed by atoms with Crippen LogP contribution in [-0.2, 0) is 6.54 Å². The minimum Gasteiger partial charge on any atom is -0.379 e. The lowest BCUT2D eigenvalue weighted by molar-refractivity contribution is -0.141. The summed E-state index contributed by atoms with van der Waals surface area (Å²) in [6.45, 7) is -1.39. The van der Waals surface area contributed by atoms with Gasteiger partial charge in [-0.3, -0.25) is 4.79 Å². The molecule has 0 saturated carbocycles. The van der Waals surface area contributed by atoms with Crippen LogP contribution < -0.4 is 11.3 Å². The van der Waals surface area contributed by atoms with Crippen molar-refractivity contribution >= 4 is 5.82 Å². The first-order valence-corrected chi connectivity index (χ1v) is 5.36. The van der Waals surface area contributed by atoms with E-state index in [2.05, 4.69) is 4.98 Å². The number of hydrogen-bond acceptors (Lipinski definition) is 3. The van der Waals surface area contributed by atoms with Gasteiger partial charge in [0.1, 0.15) is 6.54 Å². The average Bonchev–Trinajstić information content (AvgIpc) is 2.34. The number of nitrogen functional groups attached to an aromatic ring is 1. The van der Waals surface area contributed by atoms with Gasteiger partial charge in [0.2, 0.25) is 0 Å². The monoisotopic (exact) mass is 269 g/mol. The van der Waals surface area contributed by atoms with Crippen LogP contribution in [-0.4, -0.2) is 15.7 Å². The molecule has 1 heterocycles. The highest BCUT2D eigenvalue weighted by Gasteiger charge is 2.29. The smallest absolute Gasteiger partial charge is 0.379 e. The summed E-state index contributed by atoms with van der Waals surface area (Å²) in [6.07, 6.45) is -3.44. The lowest BCUT2D eigenvalue weighted by Crippen LogP contribution is -2.30. The second-order valence-corrected chi connectivity index (χ2v) is 3.93. The van der Waals surface area contributed by atoms with Crippen molar-refractivity contribution in [1.82, 2.24) is 9.55 Å². The van der Waals surface area contributed by atoms with Crippen LogP contribution in [0.15, 0.2) is 41.3 Å². The summed E-state index contributed by atoms with van der Waals surface area (Å²) in [4.78, 5) is 15.3. The van der Waals surface area contributed by atoms with E-state index >= 15 is 0 Å². The molecule has 0 saturated heterocycles. The van der Waals surface area contributed by atoms with Crippen molar-refractivity contribution in [3.8, 4) is 11.3 Å². The first-order chi connectivity index (χ1) is 8.87. The predicted molar refractivity (Wildman–Crippen MR) is 64.4 cm³/mol. The number of nitrogens with two attached hydrogens (primary N) is 1. The van der Waals surface area contributed by atoms with Gasteiger partial charge in [0.05, 0.1) is 5.69 Å². The summed E-state index contributed by atoms with van der Waals surface area (Å²) in [6, 6.07) is 8.53. The first kappa shape index (κ1) is 13.1. The molecule has 100 valence electrons. The van der Waals surface area contributed by atoms with Gasteiger partial charge in [-0.15, -0.1) is 0 Å². The molecule has 1 aromatic carbocycles. The molecule has 0 radical (unpaired) electrons. The molecule has 0 spiro atoms. The van der Waals surface area contributed by atoms with Crippen LogP contribution in [0.25, 0.3) is 11.3 Å². The number of rotatable bonds is 2. The molecule has 2 aromatic rings. The Labute approximate surface area is 106 Å². The van der Waals surface area contributed by atoms with Crippen molar-refractivity contribution in [2.75, 3.05) is 5.73 Å². The van der Waals surface area contributed by atoms with Crippen LogP contribution in [0.1, 0.15) is 0 Å². The number of anilines is 1. The molecule has 1 aromatic heterocycles. The minimum absolute atomic E-state index is 0.224. The number of hydrogen-bond donors (Lipinski definition) is 1. The Morgan fingerprint density at radius 1 is 1.21 bits per heavy atom. The topological polar surface area (TPSA) is 60.9 Å². The zero-order valence-electron chi connectivity index (χ0n) is 9.69. The summed E-state index contributed by atoms with van der Waals surface area (Å²) in [5.74, 6) is -0.453. The van der Waals surface area contributed by atoms with Gasteiger partial charge in [-0.05, 0) is 0 Å². The Morgan fingerprint density at radius 2 is 1.84 bits per heavy atom. The van der Waals surface area contributed by atoms with Crippen molar-refractivity contribution < 1.29 is 13.2 Å². The minimum atomic E-state index is -4.49. The summed E-state index contributed by atoms with van der Waals surface area (Å²) < 4.78 is 37.6. The third-order valence-electron chi connectivity index (χ3n) is 2.42. The molecule has 0 aliphatic heterocycles. The highest BCUT2D eigenvalue weighted by atomic mass is 19.4. The van der Waals surface area contributed by atoms with E-state index in [4.69, 9.17) is 5.73 Å². The van der Waals surface area contributed by atoms with E-state index in [-0.39, 0.29) is 5.69 Å². The van der Waals surface area contributed by atoms with Crippen molar-refractivity contribution in [2.45, 2.75) is 12.7 Å². The summed E-state index contributed by atoms with van der Waals surface area (Å²) >= 11 is 0. The molecule has 2 rings (SSSR count). The van der Waals surface area contributed by atoms with Crippen LogP contribution in [0.2, 0.25) is 0 Å². The molecule has 0 unspecified atom stereocenters. The Balaban J connectivity index is 2.52. The van der Waals surface area contributed by atoms with Crippen molar-refractivity contribution in [2.24, 2.45) is 0 Å². The lowest BCUT2D eigenvalue weighted by atomic mass is 10.2. The van der Waals surface area contributed by atoms with Crippen molar-refractivity contribution in [3.63, 3.8) is 0 Å². The largest absolute Gasteiger partial charge is 0.406 e. The maximum atomic E-state index is 12.4. The quantitative estimate of drug-likeness (QED) is 0.907. The Bertz CT molecular complexity index is 635. The molecule has 0 bridgehead atoms. The number of alkyl halides is 3. The number of benzene rings is 1. The van der Waals surface area contributed by atoms with E-state index in [0.717, 1.165) is 6.20 Å². The Hall–Kier alpha value is -2.31. The first-order valence-electron chi connectivity index (χ1n) is 5.36. The second-order valence-electron chi connectivity index (χ2n) is 3.93. The van der Waals surface area contributed by atoms with E-state index in [1.54, 1.807) is 30.3 Å². The number of nitrogens with zero attached hydrogens (tertiary/aromatic N) is 2. The van der Waals surface area contributed by atoms with Crippen LogP contribution in [0.5, 0.6) is 0 Å². The van der Waals surface area contributed by atoms with Crippen LogP contribution in [0.4, 0.5) is 19.0 Å². The molecule has 4 nitrogen and oxygen atoms in total. The van der Waals surface area contributed by atoms with Crippen molar-refractivity contribution in [1.29, 1.82) is 0 Å². The average molecular weight is 269 g/mol. The zero-order valence-corrected chi connectivity index (χ0v) is 9.69. The van der Waals surface area contributed by atoms with Crippen LogP contribution >= 0.6 is 0 Å². The maximum absolute atomic E-state index is 12.4. The van der Waals surface area contributed by atoms with Gasteiger partial charge in [0.25, 0.3) is 5.56 Å². The predicted octanol–water partition coefficient (Wildman–Crippen LogP) is 2.05. The molecular weight excluding hydrogens is 259 g/mol. The molecule has 0 fully saturated rings. The van der Waals surface area contributed by atoms with E-state index in [9.17, 15) is 18.0 Å². The van der Waals surface area contributed by atoms with Gasteiger partial charge >= 0.3 is 6.18 Å². The zero-order chi connectivity index (χ0) is 14.0. The van der Waals surface area contributed by atoms with Gasteiger partial charge in [0.15, 0.2) is 5.82 Å². The third-order valence-corrected chi connectivity index (χ3v) is 2.42. The molecule has 0 aliphatic carbocycles. The van der Waals surface area contributed by atoms with Gasteiger partial charge in [-0.25, -0.2) is 4.98 Å². The van der Waals surface area contributed by atoms with Gasteiger partial charge in [0, 0.05) is 11.8 Å². The van der Waals surface area contributed by atoms with Crippen LogP contribution in [0.3, 0.4) is 0 Å². The van der Waals surface area contributed by atoms with E-state index in [1.165, 1.54) is 0 Å². The molecule has 7 heteroatoms. The second kappa shape index (κ2) is 4.75. The number of halogens is 3. The molecular formula is C12H10F3N3O. The fraction of sp³-hybridized carbons (Fsp3) is 0.167. The number of aromatic nitrogens is 2. The molecule has 0 atom stereocenters. The third kappa shape index (κ3) is 3.12. The summed E-state index contributed by atoms with van der Waals surface area (Å²) in [7, 11) is 0. The summed E-state index contributed by atoms with van der Waals surface area (Å²) in [5.41, 5.74) is 5.23. The molecule has 19 heavy (non-hydrogen) atoms. The van der Waals surface area contributed by atoms with E-state index < -0.39 is 24.1 Å². The van der Waals surface area contributed by atoms with E-state index in [1.807, 2.05) is 0 Å². The fourth-order valence-electron chi connectivity index (χ4n) is 1.62. The highest BCUT2D eigenvalue weighted by molar-refractivity contribution is 5.59. The standard InChI is InChI=1S/C12H10F3N3O/c13-12(14,15)7-18-6-9(17-10(16)11(18)19)8-4-2-1-3-5-8/h1-6H,7H2,(H2,16,17). The lowest BCUT2D eigenvalue weighted by Gasteiger charge is -2.11. The Morgan fingerprint density at radius 3 is 2.42 bits per heavy atom. The Kier molecular flexibility index (Phi) is 3.28. The molecule has 0 amide bonds. The van der Waals surface area contributed by atoms with Crippen molar-refractivity contribution in [3.05, 3.63) is 46.9 Å². The van der Waals surface area contributed by atoms with Gasteiger partial charge < -0.3 is 10.3 Å². The van der Waals surface area contributed by atoms with Crippen LogP contribution in [0, 0.1) is 0 Å². The SMILES string of the molecule is Nc1nc(-c2ccccc2)cn(CC(F)(F)F)c1=O. The highest BCUT2D eigenvalue weighted by Crippen LogP contribution is 2.19. The van der Waals surface area contributed by atoms with E-state index in [0.29, 0.717) is 10.1 Å². The normalized spacial score (nSPS) is 11.5. The molecule has 0 aliphatic rings.